The lowest BCUT2D eigenvalue weighted by Crippen LogP contribution is -2.20. The molecule has 0 aliphatic heterocycles. The molecule has 0 radical (unpaired) electrons. The van der Waals surface area contributed by atoms with Crippen molar-refractivity contribution in [2.75, 3.05) is 11.9 Å². The SMILES string of the molecule is CCc1cccc(NC(=O)COC(=O)c2ccsc2)c1. The third-order valence-corrected chi connectivity index (χ3v) is 3.39. The summed E-state index contributed by atoms with van der Waals surface area (Å²) in [7, 11) is 0. The predicted molar refractivity (Wildman–Crippen MR) is 79.1 cm³/mol. The molecule has 5 heteroatoms. The Labute approximate surface area is 121 Å². The molecule has 0 saturated heterocycles. The molecule has 1 aromatic heterocycles. The van der Waals surface area contributed by atoms with E-state index in [-0.39, 0.29) is 12.5 Å². The van der Waals surface area contributed by atoms with E-state index < -0.39 is 5.97 Å². The molecule has 1 amide bonds. The molecule has 0 bridgehead atoms. The Morgan fingerprint density at radius 2 is 2.15 bits per heavy atom. The molecule has 0 saturated carbocycles. The van der Waals surface area contributed by atoms with Crippen molar-refractivity contribution < 1.29 is 14.3 Å². The highest BCUT2D eigenvalue weighted by Crippen LogP contribution is 2.11. The van der Waals surface area contributed by atoms with Crippen molar-refractivity contribution in [3.63, 3.8) is 0 Å². The third kappa shape index (κ3) is 3.93. The monoisotopic (exact) mass is 289 g/mol. The smallest absolute Gasteiger partial charge is 0.339 e. The lowest BCUT2D eigenvalue weighted by molar-refractivity contribution is -0.119. The van der Waals surface area contributed by atoms with Gasteiger partial charge in [0.05, 0.1) is 5.56 Å². The number of carbonyl (C=O) groups is 2. The molecule has 0 unspecified atom stereocenters. The summed E-state index contributed by atoms with van der Waals surface area (Å²) in [5.74, 6) is -0.828. The van der Waals surface area contributed by atoms with Crippen LogP contribution in [-0.2, 0) is 16.0 Å². The molecule has 0 aliphatic rings. The summed E-state index contributed by atoms with van der Waals surface area (Å²) in [6.07, 6.45) is 0.900. The first-order chi connectivity index (χ1) is 9.69. The second-order valence-electron chi connectivity index (χ2n) is 4.19. The normalized spacial score (nSPS) is 10.1. The van der Waals surface area contributed by atoms with Crippen molar-refractivity contribution >= 4 is 28.9 Å². The van der Waals surface area contributed by atoms with Gasteiger partial charge in [-0.15, -0.1) is 0 Å². The van der Waals surface area contributed by atoms with Crippen LogP contribution < -0.4 is 5.32 Å². The Morgan fingerprint density at radius 1 is 1.30 bits per heavy atom. The average Bonchev–Trinajstić information content (AvgIpc) is 2.99. The van der Waals surface area contributed by atoms with Gasteiger partial charge in [0.1, 0.15) is 0 Å². The minimum Gasteiger partial charge on any atom is -0.452 e. The van der Waals surface area contributed by atoms with Gasteiger partial charge in [-0.2, -0.15) is 11.3 Å². The first-order valence-electron chi connectivity index (χ1n) is 6.27. The molecular weight excluding hydrogens is 274 g/mol. The minimum absolute atomic E-state index is 0.287. The lowest BCUT2D eigenvalue weighted by Gasteiger charge is -2.07. The van der Waals surface area contributed by atoms with E-state index in [1.54, 1.807) is 22.9 Å². The van der Waals surface area contributed by atoms with Crippen molar-refractivity contribution in [1.82, 2.24) is 0 Å². The zero-order valence-electron chi connectivity index (χ0n) is 11.1. The highest BCUT2D eigenvalue weighted by atomic mass is 32.1. The van der Waals surface area contributed by atoms with E-state index in [1.165, 1.54) is 11.3 Å². The number of amides is 1. The molecular formula is C15H15NO3S. The number of aryl methyl sites for hydroxylation is 1. The van der Waals surface area contributed by atoms with E-state index in [0.717, 1.165) is 12.0 Å². The molecule has 4 nitrogen and oxygen atoms in total. The summed E-state index contributed by atoms with van der Waals surface area (Å²) in [5, 5.41) is 6.17. The average molecular weight is 289 g/mol. The van der Waals surface area contributed by atoms with E-state index >= 15 is 0 Å². The highest BCUT2D eigenvalue weighted by Gasteiger charge is 2.10. The van der Waals surface area contributed by atoms with Crippen molar-refractivity contribution in [2.45, 2.75) is 13.3 Å². The van der Waals surface area contributed by atoms with Crippen molar-refractivity contribution in [1.29, 1.82) is 0 Å². The number of rotatable bonds is 5. The first kappa shape index (κ1) is 14.3. The standard InChI is InChI=1S/C15H15NO3S/c1-2-11-4-3-5-13(8-11)16-14(17)9-19-15(18)12-6-7-20-10-12/h3-8,10H,2,9H2,1H3,(H,16,17). The minimum atomic E-state index is -0.483. The van der Waals surface area contributed by atoms with Gasteiger partial charge >= 0.3 is 5.97 Å². The summed E-state index contributed by atoms with van der Waals surface area (Å²) >= 11 is 1.41. The Morgan fingerprint density at radius 3 is 2.85 bits per heavy atom. The molecule has 1 N–H and O–H groups in total. The Hall–Kier alpha value is -2.14. The van der Waals surface area contributed by atoms with Crippen LogP contribution >= 0.6 is 11.3 Å². The fraction of sp³-hybridized carbons (Fsp3) is 0.200. The van der Waals surface area contributed by atoms with Gasteiger partial charge in [-0.05, 0) is 35.6 Å². The van der Waals surface area contributed by atoms with Crippen molar-refractivity contribution in [3.8, 4) is 0 Å². The fourth-order valence-corrected chi connectivity index (χ4v) is 2.29. The Balaban J connectivity index is 1.85. The van der Waals surface area contributed by atoms with Crippen LogP contribution in [0.5, 0.6) is 0 Å². The highest BCUT2D eigenvalue weighted by molar-refractivity contribution is 7.08. The number of esters is 1. The number of hydrogen-bond acceptors (Lipinski definition) is 4. The van der Waals surface area contributed by atoms with Crippen LogP contribution in [0.3, 0.4) is 0 Å². The summed E-state index contributed by atoms with van der Waals surface area (Å²) in [6.45, 7) is 1.76. The van der Waals surface area contributed by atoms with E-state index in [2.05, 4.69) is 5.32 Å². The Bertz CT molecular complexity index is 593. The molecule has 2 rings (SSSR count). The molecule has 2 aromatic rings. The molecule has 0 fully saturated rings. The number of anilines is 1. The molecule has 20 heavy (non-hydrogen) atoms. The van der Waals surface area contributed by atoms with Gasteiger partial charge in [0.25, 0.3) is 5.91 Å². The van der Waals surface area contributed by atoms with Gasteiger partial charge in [0, 0.05) is 11.1 Å². The van der Waals surface area contributed by atoms with E-state index in [0.29, 0.717) is 11.3 Å². The van der Waals surface area contributed by atoms with Gasteiger partial charge in [0.2, 0.25) is 0 Å². The molecule has 0 aliphatic carbocycles. The van der Waals surface area contributed by atoms with Crippen LogP contribution in [0.15, 0.2) is 41.1 Å². The van der Waals surface area contributed by atoms with Gasteiger partial charge in [-0.3, -0.25) is 4.79 Å². The van der Waals surface area contributed by atoms with Gasteiger partial charge in [0.15, 0.2) is 6.61 Å². The summed E-state index contributed by atoms with van der Waals surface area (Å²) in [6, 6.07) is 9.24. The van der Waals surface area contributed by atoms with Crippen LogP contribution in [0.1, 0.15) is 22.8 Å². The predicted octanol–water partition coefficient (Wildman–Crippen LogP) is 3.11. The van der Waals surface area contributed by atoms with Crippen molar-refractivity contribution in [3.05, 3.63) is 52.2 Å². The number of hydrogen-bond donors (Lipinski definition) is 1. The number of nitrogens with one attached hydrogen (secondary N) is 1. The number of carbonyl (C=O) groups excluding carboxylic acids is 2. The number of benzene rings is 1. The first-order valence-corrected chi connectivity index (χ1v) is 7.21. The van der Waals surface area contributed by atoms with Gasteiger partial charge < -0.3 is 10.1 Å². The summed E-state index contributed by atoms with van der Waals surface area (Å²) in [4.78, 5) is 23.3. The fourth-order valence-electron chi connectivity index (χ4n) is 1.66. The second-order valence-corrected chi connectivity index (χ2v) is 4.97. The van der Waals surface area contributed by atoms with Crippen LogP contribution in [-0.4, -0.2) is 18.5 Å². The zero-order valence-corrected chi connectivity index (χ0v) is 11.9. The number of thiophene rings is 1. The molecule has 0 atom stereocenters. The van der Waals surface area contributed by atoms with E-state index in [9.17, 15) is 9.59 Å². The molecule has 1 aromatic carbocycles. The van der Waals surface area contributed by atoms with Crippen molar-refractivity contribution in [2.24, 2.45) is 0 Å². The molecule has 1 heterocycles. The molecule has 104 valence electrons. The maximum Gasteiger partial charge on any atom is 0.339 e. The largest absolute Gasteiger partial charge is 0.452 e. The topological polar surface area (TPSA) is 55.4 Å². The van der Waals surface area contributed by atoms with Crippen LogP contribution in [0, 0.1) is 0 Å². The third-order valence-electron chi connectivity index (χ3n) is 2.71. The van der Waals surface area contributed by atoms with E-state index in [4.69, 9.17) is 4.74 Å². The maximum atomic E-state index is 11.7. The summed E-state index contributed by atoms with van der Waals surface area (Å²) < 4.78 is 4.93. The van der Waals surface area contributed by atoms with Gasteiger partial charge in [-0.25, -0.2) is 4.79 Å². The zero-order chi connectivity index (χ0) is 14.4. The van der Waals surface area contributed by atoms with Gasteiger partial charge in [-0.1, -0.05) is 19.1 Å². The second kappa shape index (κ2) is 6.86. The van der Waals surface area contributed by atoms with Crippen LogP contribution in [0.4, 0.5) is 5.69 Å². The van der Waals surface area contributed by atoms with Crippen LogP contribution in [0.2, 0.25) is 0 Å². The lowest BCUT2D eigenvalue weighted by atomic mass is 10.1. The quantitative estimate of drug-likeness (QED) is 0.860. The van der Waals surface area contributed by atoms with Crippen LogP contribution in [0.25, 0.3) is 0 Å². The molecule has 0 spiro atoms. The summed E-state index contributed by atoms with van der Waals surface area (Å²) in [5.41, 5.74) is 2.31. The van der Waals surface area contributed by atoms with E-state index in [1.807, 2.05) is 25.1 Å². The number of ether oxygens (including phenoxy) is 1. The maximum absolute atomic E-state index is 11.7. The Kier molecular flexibility index (Phi) is 4.90.